The third kappa shape index (κ3) is 7.93. The number of methoxy groups -OCH3 is 1. The smallest absolute Gasteiger partial charge is 0.246 e. The monoisotopic (exact) mass is 532 g/mol. The summed E-state index contributed by atoms with van der Waals surface area (Å²) in [5.41, 5.74) is 11.9. The van der Waals surface area contributed by atoms with Crippen molar-refractivity contribution in [2.75, 3.05) is 19.0 Å². The van der Waals surface area contributed by atoms with Gasteiger partial charge in [-0.3, -0.25) is 9.59 Å². The standard InChI is InChI=1S/C20H28N4O3.2BrH/c1-13(23-20(26)17(22)9-5-6-10-21)19(25)24-15-11-14-7-3-4-8-16(14)18(12-15)27-2;;/h3-4,7-8,11-13,17H,5-6,9-10,21-22H2,1-2H3,(H,23,26)(H,24,25);2*1H/t13-,17-;;/m0../s1. The van der Waals surface area contributed by atoms with Crippen molar-refractivity contribution >= 4 is 62.2 Å². The Morgan fingerprint density at radius 1 is 1.10 bits per heavy atom. The minimum absolute atomic E-state index is 0. The predicted molar refractivity (Wildman–Crippen MR) is 128 cm³/mol. The maximum absolute atomic E-state index is 12.4. The molecule has 2 aromatic rings. The Hall–Kier alpha value is -1.68. The van der Waals surface area contributed by atoms with Gasteiger partial charge in [-0.15, -0.1) is 34.0 Å². The molecule has 0 radical (unpaired) electrons. The number of amides is 2. The lowest BCUT2D eigenvalue weighted by molar-refractivity contribution is -0.127. The second kappa shape index (κ2) is 13.5. The summed E-state index contributed by atoms with van der Waals surface area (Å²) in [6, 6.07) is 10.0. The fourth-order valence-electron chi connectivity index (χ4n) is 2.79. The number of fused-ring (bicyclic) bond motifs is 1. The van der Waals surface area contributed by atoms with Gasteiger partial charge in [-0.2, -0.15) is 0 Å². The molecule has 2 atom stereocenters. The summed E-state index contributed by atoms with van der Waals surface area (Å²) < 4.78 is 5.41. The van der Waals surface area contributed by atoms with Crippen LogP contribution in [0.2, 0.25) is 0 Å². The largest absolute Gasteiger partial charge is 0.496 e. The summed E-state index contributed by atoms with van der Waals surface area (Å²) in [5, 5.41) is 7.38. The molecular formula is C20H30Br2N4O3. The van der Waals surface area contributed by atoms with Gasteiger partial charge in [-0.05, 0) is 37.8 Å². The Balaban J connectivity index is 0.00000392. The van der Waals surface area contributed by atoms with E-state index in [9.17, 15) is 9.59 Å². The molecule has 0 aliphatic rings. The number of unbranched alkanes of at least 4 members (excludes halogenated alkanes) is 1. The van der Waals surface area contributed by atoms with Crippen LogP contribution in [0.4, 0.5) is 5.69 Å². The first-order valence-corrected chi connectivity index (χ1v) is 9.10. The SMILES string of the molecule is Br.Br.COc1cc(NC(=O)[C@H](C)NC(=O)[C@@H](N)CCCCN)cc2ccccc12. The molecule has 0 saturated heterocycles. The Kier molecular flexibility index (Phi) is 12.7. The molecule has 2 aromatic carbocycles. The first-order valence-electron chi connectivity index (χ1n) is 9.10. The maximum atomic E-state index is 12.4. The molecule has 0 aliphatic heterocycles. The lowest BCUT2D eigenvalue weighted by atomic mass is 10.1. The van der Waals surface area contributed by atoms with Crippen LogP contribution in [0, 0.1) is 0 Å². The Morgan fingerprint density at radius 2 is 1.79 bits per heavy atom. The minimum atomic E-state index is -0.712. The quantitative estimate of drug-likeness (QED) is 0.369. The fourth-order valence-corrected chi connectivity index (χ4v) is 2.79. The zero-order valence-corrected chi connectivity index (χ0v) is 20.1. The van der Waals surface area contributed by atoms with Crippen LogP contribution in [-0.4, -0.2) is 37.6 Å². The van der Waals surface area contributed by atoms with E-state index in [0.29, 0.717) is 24.4 Å². The van der Waals surface area contributed by atoms with E-state index in [1.807, 2.05) is 30.3 Å². The number of nitrogens with one attached hydrogen (secondary N) is 2. The van der Waals surface area contributed by atoms with Gasteiger partial charge >= 0.3 is 0 Å². The van der Waals surface area contributed by atoms with Gasteiger partial charge in [0.15, 0.2) is 0 Å². The average Bonchev–Trinajstić information content (AvgIpc) is 2.67. The van der Waals surface area contributed by atoms with Crippen molar-refractivity contribution in [3.05, 3.63) is 36.4 Å². The third-order valence-electron chi connectivity index (χ3n) is 4.37. The molecule has 0 heterocycles. The molecule has 0 aliphatic carbocycles. The number of anilines is 1. The van der Waals surface area contributed by atoms with Crippen molar-refractivity contribution in [2.24, 2.45) is 11.5 Å². The van der Waals surface area contributed by atoms with Crippen molar-refractivity contribution in [3.63, 3.8) is 0 Å². The molecule has 0 unspecified atom stereocenters. The van der Waals surface area contributed by atoms with Gasteiger partial charge in [0.2, 0.25) is 11.8 Å². The number of halogens is 2. The van der Waals surface area contributed by atoms with Crippen molar-refractivity contribution in [2.45, 2.75) is 38.3 Å². The number of nitrogens with two attached hydrogens (primary N) is 2. The number of carbonyl (C=O) groups excluding carboxylic acids is 2. The fraction of sp³-hybridized carbons (Fsp3) is 0.400. The Labute approximate surface area is 192 Å². The Morgan fingerprint density at radius 3 is 2.45 bits per heavy atom. The molecule has 0 aromatic heterocycles. The number of hydrogen-bond donors (Lipinski definition) is 4. The van der Waals surface area contributed by atoms with Gasteiger partial charge in [0.1, 0.15) is 11.8 Å². The average molecular weight is 534 g/mol. The van der Waals surface area contributed by atoms with Crippen LogP contribution in [0.5, 0.6) is 5.75 Å². The van der Waals surface area contributed by atoms with Gasteiger partial charge in [-0.1, -0.05) is 30.7 Å². The Bertz CT molecular complexity index is 804. The van der Waals surface area contributed by atoms with Gasteiger partial charge in [0, 0.05) is 17.1 Å². The van der Waals surface area contributed by atoms with Crippen molar-refractivity contribution in [3.8, 4) is 5.75 Å². The first kappa shape index (κ1) is 27.3. The molecule has 0 bridgehead atoms. The summed E-state index contributed by atoms with van der Waals surface area (Å²) in [6.45, 7) is 2.19. The number of benzene rings is 2. The van der Waals surface area contributed by atoms with Gasteiger partial charge in [-0.25, -0.2) is 0 Å². The first-order chi connectivity index (χ1) is 13.0. The molecule has 9 heteroatoms. The summed E-state index contributed by atoms with van der Waals surface area (Å²) in [7, 11) is 1.59. The highest BCUT2D eigenvalue weighted by Gasteiger charge is 2.20. The van der Waals surface area contributed by atoms with E-state index in [0.717, 1.165) is 23.6 Å². The van der Waals surface area contributed by atoms with Crippen molar-refractivity contribution in [1.29, 1.82) is 0 Å². The summed E-state index contributed by atoms with van der Waals surface area (Å²) in [4.78, 5) is 24.6. The van der Waals surface area contributed by atoms with Gasteiger partial charge in [0.25, 0.3) is 0 Å². The molecule has 0 fully saturated rings. The van der Waals surface area contributed by atoms with Crippen molar-refractivity contribution in [1.82, 2.24) is 5.32 Å². The second-order valence-corrected chi connectivity index (χ2v) is 6.51. The molecule has 29 heavy (non-hydrogen) atoms. The highest BCUT2D eigenvalue weighted by atomic mass is 79.9. The van der Waals surface area contributed by atoms with Gasteiger partial charge in [0.05, 0.1) is 13.2 Å². The van der Waals surface area contributed by atoms with Crippen LogP contribution in [0.1, 0.15) is 26.2 Å². The molecule has 2 rings (SSSR count). The summed E-state index contributed by atoms with van der Waals surface area (Å²) >= 11 is 0. The zero-order chi connectivity index (χ0) is 19.8. The van der Waals surface area contributed by atoms with E-state index in [1.165, 1.54) is 0 Å². The molecular weight excluding hydrogens is 504 g/mol. The predicted octanol–water partition coefficient (Wildman–Crippen LogP) is 2.90. The van der Waals surface area contributed by atoms with E-state index in [2.05, 4.69) is 10.6 Å². The molecule has 162 valence electrons. The number of rotatable bonds is 9. The van der Waals surface area contributed by atoms with E-state index < -0.39 is 12.1 Å². The van der Waals surface area contributed by atoms with Crippen LogP contribution in [-0.2, 0) is 9.59 Å². The lowest BCUT2D eigenvalue weighted by Crippen LogP contribution is -2.48. The molecule has 0 saturated carbocycles. The molecule has 6 N–H and O–H groups in total. The van der Waals surface area contributed by atoms with Gasteiger partial charge < -0.3 is 26.8 Å². The molecule has 0 spiro atoms. The normalized spacial score (nSPS) is 12.1. The number of ether oxygens (including phenoxy) is 1. The highest BCUT2D eigenvalue weighted by molar-refractivity contribution is 8.93. The van der Waals surface area contributed by atoms with Crippen molar-refractivity contribution < 1.29 is 14.3 Å². The van der Waals surface area contributed by atoms with Crippen LogP contribution in [0.3, 0.4) is 0 Å². The van der Waals surface area contributed by atoms with Crippen LogP contribution < -0.4 is 26.8 Å². The third-order valence-corrected chi connectivity index (χ3v) is 4.37. The number of hydrogen-bond acceptors (Lipinski definition) is 5. The molecule has 7 nitrogen and oxygen atoms in total. The van der Waals surface area contributed by atoms with Crippen LogP contribution in [0.15, 0.2) is 36.4 Å². The minimum Gasteiger partial charge on any atom is -0.496 e. The van der Waals surface area contributed by atoms with E-state index in [1.54, 1.807) is 20.1 Å². The van der Waals surface area contributed by atoms with Crippen LogP contribution in [0.25, 0.3) is 10.8 Å². The number of carbonyl (C=O) groups is 2. The zero-order valence-electron chi connectivity index (χ0n) is 16.6. The van der Waals surface area contributed by atoms with E-state index >= 15 is 0 Å². The van der Waals surface area contributed by atoms with E-state index in [-0.39, 0.29) is 45.8 Å². The van der Waals surface area contributed by atoms with Crippen LogP contribution >= 0.6 is 34.0 Å². The molecule has 2 amide bonds. The topological polar surface area (TPSA) is 119 Å². The summed E-state index contributed by atoms with van der Waals surface area (Å²) in [5.74, 6) is 0.00243. The highest BCUT2D eigenvalue weighted by Crippen LogP contribution is 2.29. The maximum Gasteiger partial charge on any atom is 0.246 e. The lowest BCUT2D eigenvalue weighted by Gasteiger charge is -2.18. The second-order valence-electron chi connectivity index (χ2n) is 6.51. The summed E-state index contributed by atoms with van der Waals surface area (Å²) in [6.07, 6.45) is 2.14. The van der Waals surface area contributed by atoms with E-state index in [4.69, 9.17) is 16.2 Å².